The lowest BCUT2D eigenvalue weighted by molar-refractivity contribution is 0.0758. The molecule has 3 rings (SSSR count). The maximum absolute atomic E-state index is 13.1. The highest BCUT2D eigenvalue weighted by molar-refractivity contribution is 7.98. The van der Waals surface area contributed by atoms with Crippen LogP contribution < -0.4 is 4.72 Å². The van der Waals surface area contributed by atoms with E-state index in [-0.39, 0.29) is 17.3 Å². The van der Waals surface area contributed by atoms with Crippen molar-refractivity contribution >= 4 is 27.7 Å². The molecule has 1 aromatic heterocycles. The number of carbonyl (C=O) groups is 1. The zero-order valence-corrected chi connectivity index (χ0v) is 17.6. The van der Waals surface area contributed by atoms with Gasteiger partial charge in [-0.3, -0.25) is 9.78 Å². The summed E-state index contributed by atoms with van der Waals surface area (Å²) in [5, 5.41) is 0. The van der Waals surface area contributed by atoms with Crippen LogP contribution in [0.1, 0.15) is 41.6 Å². The molecule has 28 heavy (non-hydrogen) atoms. The molecule has 2 heterocycles. The van der Waals surface area contributed by atoms with Crippen molar-refractivity contribution in [3.8, 4) is 0 Å². The van der Waals surface area contributed by atoms with Crippen LogP contribution in [0.2, 0.25) is 0 Å². The number of pyridine rings is 1. The Balaban J connectivity index is 1.83. The van der Waals surface area contributed by atoms with Gasteiger partial charge in [-0.05, 0) is 48.9 Å². The molecule has 0 bridgehead atoms. The van der Waals surface area contributed by atoms with E-state index in [1.165, 1.54) is 17.8 Å². The third-order valence-electron chi connectivity index (χ3n) is 4.79. The highest BCUT2D eigenvalue weighted by Crippen LogP contribution is 2.26. The molecular formula is C20H25N3O3S2. The van der Waals surface area contributed by atoms with Crippen LogP contribution in [0.25, 0.3) is 0 Å². The Morgan fingerprint density at radius 2 is 1.93 bits per heavy atom. The number of hydrogen-bond donors (Lipinski definition) is 1. The first-order valence-electron chi connectivity index (χ1n) is 9.37. The molecule has 8 heteroatoms. The molecule has 0 unspecified atom stereocenters. The second-order valence-electron chi connectivity index (χ2n) is 6.75. The average molecular weight is 420 g/mol. The number of aromatic nitrogens is 1. The van der Waals surface area contributed by atoms with Gasteiger partial charge in [-0.25, -0.2) is 13.1 Å². The van der Waals surface area contributed by atoms with Crippen LogP contribution in [-0.2, 0) is 16.6 Å². The molecule has 150 valence electrons. The van der Waals surface area contributed by atoms with Crippen LogP contribution >= 0.6 is 11.8 Å². The van der Waals surface area contributed by atoms with Crippen molar-refractivity contribution in [2.75, 3.05) is 19.3 Å². The molecule has 0 saturated carbocycles. The van der Waals surface area contributed by atoms with Crippen molar-refractivity contribution in [2.45, 2.75) is 42.0 Å². The third kappa shape index (κ3) is 5.12. The summed E-state index contributed by atoms with van der Waals surface area (Å²) in [6.45, 7) is 1.60. The Bertz CT molecular complexity index is 910. The maximum Gasteiger partial charge on any atom is 0.255 e. The minimum Gasteiger partial charge on any atom is -0.339 e. The van der Waals surface area contributed by atoms with E-state index in [2.05, 4.69) is 9.71 Å². The van der Waals surface area contributed by atoms with E-state index in [0.717, 1.165) is 49.2 Å². The zero-order chi connectivity index (χ0) is 20.0. The molecule has 1 aliphatic rings. The van der Waals surface area contributed by atoms with E-state index in [1.54, 1.807) is 36.7 Å². The molecule has 0 atom stereocenters. The van der Waals surface area contributed by atoms with E-state index in [0.29, 0.717) is 5.56 Å². The van der Waals surface area contributed by atoms with Gasteiger partial charge in [-0.2, -0.15) is 0 Å². The molecule has 0 radical (unpaired) electrons. The molecule has 6 nitrogen and oxygen atoms in total. The normalized spacial score (nSPS) is 15.2. The summed E-state index contributed by atoms with van der Waals surface area (Å²) in [5.74, 6) is -0.0874. The number of sulfonamides is 1. The van der Waals surface area contributed by atoms with Crippen LogP contribution in [-0.4, -0.2) is 43.6 Å². The molecule has 1 aliphatic heterocycles. The van der Waals surface area contributed by atoms with Crippen LogP contribution in [0, 0.1) is 0 Å². The fourth-order valence-electron chi connectivity index (χ4n) is 3.23. The smallest absolute Gasteiger partial charge is 0.255 e. The van der Waals surface area contributed by atoms with Gasteiger partial charge in [0.05, 0.1) is 10.5 Å². The van der Waals surface area contributed by atoms with Crippen LogP contribution in [0.15, 0.2) is 52.5 Å². The lowest BCUT2D eigenvalue weighted by Crippen LogP contribution is -2.32. The minimum atomic E-state index is -3.74. The van der Waals surface area contributed by atoms with Crippen molar-refractivity contribution < 1.29 is 13.2 Å². The average Bonchev–Trinajstić information content (AvgIpc) is 3.01. The number of hydrogen-bond acceptors (Lipinski definition) is 5. The first-order valence-corrected chi connectivity index (χ1v) is 12.1. The number of benzene rings is 1. The Labute approximate surface area is 170 Å². The highest BCUT2D eigenvalue weighted by atomic mass is 32.2. The van der Waals surface area contributed by atoms with E-state index in [1.807, 2.05) is 11.2 Å². The summed E-state index contributed by atoms with van der Waals surface area (Å²) in [6.07, 6.45) is 9.39. The summed E-state index contributed by atoms with van der Waals surface area (Å²) >= 11 is 1.45. The van der Waals surface area contributed by atoms with Gasteiger partial charge in [0.1, 0.15) is 0 Å². The number of thioether (sulfide) groups is 1. The second-order valence-corrected chi connectivity index (χ2v) is 9.37. The topological polar surface area (TPSA) is 79.4 Å². The predicted molar refractivity (Wildman–Crippen MR) is 111 cm³/mol. The molecule has 1 fully saturated rings. The monoisotopic (exact) mass is 419 g/mol. The van der Waals surface area contributed by atoms with Gasteiger partial charge in [0.15, 0.2) is 0 Å². The molecule has 0 aliphatic carbocycles. The summed E-state index contributed by atoms with van der Waals surface area (Å²) in [6, 6.07) is 8.34. The number of nitrogens with zero attached hydrogens (tertiary/aromatic N) is 2. The van der Waals surface area contributed by atoms with Crippen LogP contribution in [0.4, 0.5) is 0 Å². The Morgan fingerprint density at radius 1 is 1.18 bits per heavy atom. The molecule has 1 aromatic carbocycles. The SMILES string of the molecule is CSc1ccc(S(=O)(=O)NCc2cccnc2)cc1C(=O)N1CCCCCC1. The molecule has 2 aromatic rings. The van der Waals surface area contributed by atoms with Gasteiger partial charge in [0.2, 0.25) is 10.0 Å². The largest absolute Gasteiger partial charge is 0.339 e. The summed E-state index contributed by atoms with van der Waals surface area (Å²) in [4.78, 5) is 19.8. The van der Waals surface area contributed by atoms with Gasteiger partial charge in [0.25, 0.3) is 5.91 Å². The van der Waals surface area contributed by atoms with E-state index in [9.17, 15) is 13.2 Å². The van der Waals surface area contributed by atoms with E-state index >= 15 is 0 Å². The first-order chi connectivity index (χ1) is 13.5. The molecule has 1 N–H and O–H groups in total. The third-order valence-corrected chi connectivity index (χ3v) is 6.99. The second kappa shape index (κ2) is 9.54. The van der Waals surface area contributed by atoms with Crippen molar-refractivity contribution in [1.29, 1.82) is 0 Å². The predicted octanol–water partition coefficient (Wildman–Crippen LogP) is 3.30. The number of likely N-dealkylation sites (tertiary alicyclic amines) is 1. The van der Waals surface area contributed by atoms with Gasteiger partial charge in [-0.15, -0.1) is 11.8 Å². The zero-order valence-electron chi connectivity index (χ0n) is 15.9. The van der Waals surface area contributed by atoms with Crippen LogP contribution in [0.5, 0.6) is 0 Å². The number of carbonyl (C=O) groups excluding carboxylic acids is 1. The van der Waals surface area contributed by atoms with Crippen LogP contribution in [0.3, 0.4) is 0 Å². The lowest BCUT2D eigenvalue weighted by atomic mass is 10.2. The van der Waals surface area contributed by atoms with Gasteiger partial charge < -0.3 is 4.90 Å². The summed E-state index contributed by atoms with van der Waals surface area (Å²) in [5.41, 5.74) is 1.23. The molecular weight excluding hydrogens is 394 g/mol. The lowest BCUT2D eigenvalue weighted by Gasteiger charge is -2.22. The Hall–Kier alpha value is -1.90. The first kappa shape index (κ1) is 20.8. The molecule has 0 spiro atoms. The summed E-state index contributed by atoms with van der Waals surface area (Å²) < 4.78 is 28.1. The van der Waals surface area contributed by atoms with Crippen molar-refractivity contribution in [1.82, 2.24) is 14.6 Å². The molecule has 1 amide bonds. The minimum absolute atomic E-state index is 0.0874. The molecule has 1 saturated heterocycles. The highest BCUT2D eigenvalue weighted by Gasteiger charge is 2.23. The number of rotatable bonds is 6. The van der Waals surface area contributed by atoms with Gasteiger partial charge in [0, 0.05) is 36.9 Å². The fourth-order valence-corrected chi connectivity index (χ4v) is 4.84. The summed E-state index contributed by atoms with van der Waals surface area (Å²) in [7, 11) is -3.74. The van der Waals surface area contributed by atoms with Crippen molar-refractivity contribution in [3.05, 3.63) is 53.9 Å². The van der Waals surface area contributed by atoms with Gasteiger partial charge in [-0.1, -0.05) is 18.9 Å². The van der Waals surface area contributed by atoms with E-state index < -0.39 is 10.0 Å². The number of nitrogens with one attached hydrogen (secondary N) is 1. The van der Waals surface area contributed by atoms with E-state index in [4.69, 9.17) is 0 Å². The maximum atomic E-state index is 13.1. The Kier molecular flexibility index (Phi) is 7.09. The quantitative estimate of drug-likeness (QED) is 0.727. The van der Waals surface area contributed by atoms with Crippen molar-refractivity contribution in [3.63, 3.8) is 0 Å². The fraction of sp³-hybridized carbons (Fsp3) is 0.400. The standard InChI is InChI=1S/C20H25N3O3S2/c1-27-19-9-8-17(28(25,26)22-15-16-7-6-10-21-14-16)13-18(19)20(24)23-11-4-2-3-5-12-23/h6-10,13-14,22H,2-5,11-12,15H2,1H3. The Morgan fingerprint density at radius 3 is 2.57 bits per heavy atom. The number of amides is 1. The van der Waals surface area contributed by atoms with Gasteiger partial charge >= 0.3 is 0 Å². The van der Waals surface area contributed by atoms with Crippen molar-refractivity contribution in [2.24, 2.45) is 0 Å².